The average Bonchev–Trinajstić information content (AvgIpc) is 2.44. The van der Waals surface area contributed by atoms with Crippen molar-refractivity contribution in [2.45, 2.75) is 0 Å². The molecule has 0 atom stereocenters. The van der Waals surface area contributed by atoms with Gasteiger partial charge in [0, 0.05) is 12.3 Å². The number of aromatic carboxylic acids is 1. The lowest BCUT2D eigenvalue weighted by Gasteiger charge is -2.07. The van der Waals surface area contributed by atoms with Gasteiger partial charge in [-0.2, -0.15) is 0 Å². The Kier molecular flexibility index (Phi) is 4.27. The summed E-state index contributed by atoms with van der Waals surface area (Å²) in [5.74, 6) is -3.65. The van der Waals surface area contributed by atoms with Crippen molar-refractivity contribution in [3.63, 3.8) is 0 Å². The van der Waals surface area contributed by atoms with Crippen LogP contribution in [-0.2, 0) is 0 Å². The molecular formula is C13H7BrF2N2O3. The molecule has 0 spiro atoms. The molecule has 2 aromatic rings. The molecule has 1 aromatic carbocycles. The molecule has 0 saturated carbocycles. The molecule has 21 heavy (non-hydrogen) atoms. The predicted molar refractivity (Wildman–Crippen MR) is 73.2 cm³/mol. The molecule has 8 heteroatoms. The molecule has 0 radical (unpaired) electrons. The smallest absolute Gasteiger partial charge is 0.354 e. The van der Waals surface area contributed by atoms with Crippen LogP contribution in [0.15, 0.2) is 34.9 Å². The van der Waals surface area contributed by atoms with Crippen LogP contribution in [-0.4, -0.2) is 22.0 Å². The lowest BCUT2D eigenvalue weighted by Crippen LogP contribution is -2.14. The van der Waals surface area contributed by atoms with Gasteiger partial charge in [0.2, 0.25) is 0 Å². The van der Waals surface area contributed by atoms with Gasteiger partial charge < -0.3 is 10.4 Å². The van der Waals surface area contributed by atoms with Gasteiger partial charge in [0.05, 0.1) is 15.7 Å². The van der Waals surface area contributed by atoms with Crippen LogP contribution >= 0.6 is 15.9 Å². The molecule has 0 aliphatic carbocycles. The number of rotatable bonds is 3. The first-order valence-corrected chi connectivity index (χ1v) is 6.33. The Morgan fingerprint density at radius 1 is 1.19 bits per heavy atom. The molecule has 1 aromatic heterocycles. The largest absolute Gasteiger partial charge is 0.477 e. The summed E-state index contributed by atoms with van der Waals surface area (Å²) in [4.78, 5) is 26.1. The van der Waals surface area contributed by atoms with Gasteiger partial charge >= 0.3 is 5.97 Å². The monoisotopic (exact) mass is 356 g/mol. The molecule has 0 aliphatic heterocycles. The number of carbonyl (C=O) groups is 2. The number of pyridine rings is 1. The number of carbonyl (C=O) groups excluding carboxylic acids is 1. The Balaban J connectivity index is 2.22. The van der Waals surface area contributed by atoms with Crippen molar-refractivity contribution in [2.75, 3.05) is 5.32 Å². The third-order valence-corrected chi connectivity index (χ3v) is 3.11. The molecular weight excluding hydrogens is 350 g/mol. The standard InChI is InChI=1S/C13H7BrF2N2O3/c14-7-3-11(9(16)4-8(7)15)18-12(19)6-1-2-10(13(20)21)17-5-6/h1-5H,(H,18,19)(H,20,21). The molecule has 2 rings (SSSR count). The summed E-state index contributed by atoms with van der Waals surface area (Å²) in [6.07, 6.45) is 1.05. The zero-order valence-electron chi connectivity index (χ0n) is 10.2. The molecule has 1 amide bonds. The molecule has 108 valence electrons. The van der Waals surface area contributed by atoms with Gasteiger partial charge in [-0.05, 0) is 34.1 Å². The maximum absolute atomic E-state index is 13.5. The van der Waals surface area contributed by atoms with E-state index in [9.17, 15) is 18.4 Å². The van der Waals surface area contributed by atoms with Crippen LogP contribution in [0, 0.1) is 11.6 Å². The van der Waals surface area contributed by atoms with E-state index in [1.807, 2.05) is 0 Å². The van der Waals surface area contributed by atoms with E-state index in [0.717, 1.165) is 18.3 Å². The van der Waals surface area contributed by atoms with Gasteiger partial charge in [0.25, 0.3) is 5.91 Å². The SMILES string of the molecule is O=C(Nc1cc(Br)c(F)cc1F)c1ccc(C(=O)O)nc1. The summed E-state index contributed by atoms with van der Waals surface area (Å²) >= 11 is 2.88. The van der Waals surface area contributed by atoms with Crippen molar-refractivity contribution < 1.29 is 23.5 Å². The van der Waals surface area contributed by atoms with E-state index >= 15 is 0 Å². The maximum Gasteiger partial charge on any atom is 0.354 e. The molecule has 0 fully saturated rings. The number of halogens is 3. The van der Waals surface area contributed by atoms with E-state index in [1.54, 1.807) is 0 Å². The van der Waals surface area contributed by atoms with Gasteiger partial charge in [-0.1, -0.05) is 0 Å². The summed E-state index contributed by atoms with van der Waals surface area (Å²) in [6.45, 7) is 0. The van der Waals surface area contributed by atoms with Crippen molar-refractivity contribution >= 4 is 33.5 Å². The number of nitrogens with one attached hydrogen (secondary N) is 1. The Hall–Kier alpha value is -2.35. The van der Waals surface area contributed by atoms with E-state index in [2.05, 4.69) is 26.2 Å². The third kappa shape index (κ3) is 3.40. The lowest BCUT2D eigenvalue weighted by molar-refractivity contribution is 0.0690. The minimum absolute atomic E-state index is 0.00134. The van der Waals surface area contributed by atoms with Gasteiger partial charge in [-0.15, -0.1) is 0 Å². The second-order valence-corrected chi connectivity index (χ2v) is 4.79. The van der Waals surface area contributed by atoms with Crippen LogP contribution < -0.4 is 5.32 Å². The maximum atomic E-state index is 13.5. The summed E-state index contributed by atoms with van der Waals surface area (Å²) in [7, 11) is 0. The van der Waals surface area contributed by atoms with Gasteiger partial charge in [0.1, 0.15) is 17.3 Å². The van der Waals surface area contributed by atoms with E-state index in [-0.39, 0.29) is 21.4 Å². The normalized spacial score (nSPS) is 10.2. The first-order valence-electron chi connectivity index (χ1n) is 5.53. The van der Waals surface area contributed by atoms with Crippen molar-refractivity contribution in [3.8, 4) is 0 Å². The highest BCUT2D eigenvalue weighted by atomic mass is 79.9. The van der Waals surface area contributed by atoms with Crippen molar-refractivity contribution in [1.29, 1.82) is 0 Å². The number of anilines is 1. The second kappa shape index (κ2) is 5.96. The Morgan fingerprint density at radius 2 is 1.90 bits per heavy atom. The zero-order chi connectivity index (χ0) is 15.6. The lowest BCUT2D eigenvalue weighted by atomic mass is 10.2. The number of hydrogen-bond donors (Lipinski definition) is 2. The molecule has 5 nitrogen and oxygen atoms in total. The van der Waals surface area contributed by atoms with E-state index in [1.165, 1.54) is 6.07 Å². The van der Waals surface area contributed by atoms with Gasteiger partial charge in [-0.3, -0.25) is 4.79 Å². The number of carboxylic acids is 1. The highest BCUT2D eigenvalue weighted by Gasteiger charge is 2.13. The first-order chi connectivity index (χ1) is 9.88. The van der Waals surface area contributed by atoms with Crippen LogP contribution in [0.5, 0.6) is 0 Å². The number of hydrogen-bond acceptors (Lipinski definition) is 3. The minimum atomic E-state index is -1.23. The summed E-state index contributed by atoms with van der Waals surface area (Å²) in [5.41, 5.74) is -0.391. The summed E-state index contributed by atoms with van der Waals surface area (Å²) in [5, 5.41) is 10.9. The van der Waals surface area contributed by atoms with Crippen LogP contribution in [0.25, 0.3) is 0 Å². The highest BCUT2D eigenvalue weighted by Crippen LogP contribution is 2.24. The fourth-order valence-corrected chi connectivity index (χ4v) is 1.81. The Morgan fingerprint density at radius 3 is 2.48 bits per heavy atom. The van der Waals surface area contributed by atoms with Crippen molar-refractivity contribution in [2.24, 2.45) is 0 Å². The van der Waals surface area contributed by atoms with Crippen LogP contribution in [0.3, 0.4) is 0 Å². The fourth-order valence-electron chi connectivity index (χ4n) is 1.47. The second-order valence-electron chi connectivity index (χ2n) is 3.94. The summed E-state index contributed by atoms with van der Waals surface area (Å²) in [6, 6.07) is 4.10. The molecule has 0 aliphatic rings. The average molecular weight is 357 g/mol. The predicted octanol–water partition coefficient (Wildman–Crippen LogP) is 3.07. The molecule has 0 unspecified atom stereocenters. The molecule has 2 N–H and O–H groups in total. The number of benzene rings is 1. The molecule has 0 bridgehead atoms. The van der Waals surface area contributed by atoms with Crippen LogP contribution in [0.4, 0.5) is 14.5 Å². The topological polar surface area (TPSA) is 79.3 Å². The van der Waals surface area contributed by atoms with Crippen molar-refractivity contribution in [3.05, 3.63) is 57.8 Å². The quantitative estimate of drug-likeness (QED) is 0.828. The van der Waals surface area contributed by atoms with Crippen molar-refractivity contribution in [1.82, 2.24) is 4.98 Å². The van der Waals surface area contributed by atoms with E-state index in [4.69, 9.17) is 5.11 Å². The van der Waals surface area contributed by atoms with Gasteiger partial charge in [-0.25, -0.2) is 18.6 Å². The van der Waals surface area contributed by atoms with Crippen LogP contribution in [0.1, 0.15) is 20.8 Å². The molecule has 0 saturated heterocycles. The van der Waals surface area contributed by atoms with Crippen LogP contribution in [0.2, 0.25) is 0 Å². The van der Waals surface area contributed by atoms with E-state index < -0.39 is 23.5 Å². The first kappa shape index (κ1) is 15.0. The third-order valence-electron chi connectivity index (χ3n) is 2.50. The molecule has 1 heterocycles. The minimum Gasteiger partial charge on any atom is -0.477 e. The summed E-state index contributed by atoms with van der Waals surface area (Å²) < 4.78 is 26.6. The highest BCUT2D eigenvalue weighted by molar-refractivity contribution is 9.10. The number of amides is 1. The Labute approximate surface area is 125 Å². The fraction of sp³-hybridized carbons (Fsp3) is 0. The number of aromatic nitrogens is 1. The number of carboxylic acid groups (broad SMARTS) is 1. The van der Waals surface area contributed by atoms with Gasteiger partial charge in [0.15, 0.2) is 0 Å². The van der Waals surface area contributed by atoms with E-state index in [0.29, 0.717) is 6.07 Å². The Bertz CT molecular complexity index is 720. The number of nitrogens with zero attached hydrogens (tertiary/aromatic N) is 1. The zero-order valence-corrected chi connectivity index (χ0v) is 11.8.